The van der Waals surface area contributed by atoms with Gasteiger partial charge in [-0.05, 0) is 48.9 Å². The van der Waals surface area contributed by atoms with E-state index < -0.39 is 5.97 Å². The first-order valence-corrected chi connectivity index (χ1v) is 9.19. The molecule has 0 bridgehead atoms. The van der Waals surface area contributed by atoms with Gasteiger partial charge in [0.25, 0.3) is 5.89 Å². The monoisotopic (exact) mass is 415 g/mol. The maximum Gasteiger partial charge on any atom is 0.335 e. The van der Waals surface area contributed by atoms with E-state index in [0.717, 1.165) is 6.42 Å². The van der Waals surface area contributed by atoms with E-state index in [4.69, 9.17) is 30.7 Å². The Hall–Kier alpha value is -3.39. The Kier molecular flexibility index (Phi) is 6.80. The van der Waals surface area contributed by atoms with Crippen LogP contribution in [0.15, 0.2) is 58.1 Å². The lowest BCUT2D eigenvalue weighted by molar-refractivity contribution is 0.0696. The molecule has 2 aromatic carbocycles. The summed E-state index contributed by atoms with van der Waals surface area (Å²) < 4.78 is 11.4. The Morgan fingerprint density at radius 3 is 2.72 bits per heavy atom. The molecule has 3 aromatic rings. The van der Waals surface area contributed by atoms with Crippen molar-refractivity contribution in [1.82, 2.24) is 10.2 Å². The Labute approximate surface area is 171 Å². The van der Waals surface area contributed by atoms with Crippen molar-refractivity contribution in [3.05, 3.63) is 65.0 Å². The van der Waals surface area contributed by atoms with E-state index in [-0.39, 0.29) is 23.8 Å². The van der Waals surface area contributed by atoms with Gasteiger partial charge in [0.05, 0.1) is 5.56 Å². The van der Waals surface area contributed by atoms with Crippen molar-refractivity contribution >= 4 is 23.3 Å². The highest BCUT2D eigenvalue weighted by molar-refractivity contribution is 6.30. The SMILES string of the molecule is CCCON=C(COc1cccc(C(=O)O)c1)c1nnc(-c2ccc(Cl)cc2)o1. The number of halogens is 1. The molecule has 0 aliphatic carbocycles. The summed E-state index contributed by atoms with van der Waals surface area (Å²) in [6, 6.07) is 13.1. The van der Waals surface area contributed by atoms with E-state index in [1.165, 1.54) is 12.1 Å². The summed E-state index contributed by atoms with van der Waals surface area (Å²) >= 11 is 5.90. The average molecular weight is 416 g/mol. The molecule has 1 aromatic heterocycles. The number of hydrogen-bond acceptors (Lipinski definition) is 7. The van der Waals surface area contributed by atoms with Crippen LogP contribution in [0.5, 0.6) is 5.75 Å². The zero-order chi connectivity index (χ0) is 20.6. The molecule has 0 aliphatic heterocycles. The van der Waals surface area contributed by atoms with Gasteiger partial charge in [-0.15, -0.1) is 10.2 Å². The van der Waals surface area contributed by atoms with Crippen molar-refractivity contribution in [1.29, 1.82) is 0 Å². The van der Waals surface area contributed by atoms with Gasteiger partial charge in [0.1, 0.15) is 19.0 Å². The Balaban J connectivity index is 1.79. The second-order valence-electron chi connectivity index (χ2n) is 5.91. The standard InChI is InChI=1S/C20H18ClN3O5/c1-2-10-28-24-17(12-27-16-5-3-4-14(11-16)20(25)26)19-23-22-18(29-19)13-6-8-15(21)9-7-13/h3-9,11H,2,10,12H2,1H3,(H,25,26). The van der Waals surface area contributed by atoms with Crippen LogP contribution in [-0.2, 0) is 4.84 Å². The fraction of sp³-hybridized carbons (Fsp3) is 0.200. The van der Waals surface area contributed by atoms with Gasteiger partial charge in [0.2, 0.25) is 5.89 Å². The molecule has 8 nitrogen and oxygen atoms in total. The molecular weight excluding hydrogens is 398 g/mol. The summed E-state index contributed by atoms with van der Waals surface area (Å²) in [6.07, 6.45) is 0.776. The zero-order valence-corrected chi connectivity index (χ0v) is 16.3. The molecule has 0 atom stereocenters. The average Bonchev–Trinajstić information content (AvgIpc) is 3.21. The number of carbonyl (C=O) groups is 1. The predicted molar refractivity (Wildman–Crippen MR) is 106 cm³/mol. The summed E-state index contributed by atoms with van der Waals surface area (Å²) in [5.74, 6) is -0.237. The Bertz CT molecular complexity index is 1000. The van der Waals surface area contributed by atoms with Crippen molar-refractivity contribution in [2.75, 3.05) is 13.2 Å². The smallest absolute Gasteiger partial charge is 0.335 e. The first-order valence-electron chi connectivity index (χ1n) is 8.81. The minimum Gasteiger partial charge on any atom is -0.487 e. The molecule has 0 spiro atoms. The summed E-state index contributed by atoms with van der Waals surface area (Å²) in [5, 5.41) is 21.8. The molecule has 0 saturated heterocycles. The van der Waals surface area contributed by atoms with Crippen LogP contribution >= 0.6 is 11.6 Å². The number of hydrogen-bond donors (Lipinski definition) is 1. The fourth-order valence-electron chi connectivity index (χ4n) is 2.26. The third kappa shape index (κ3) is 5.55. The van der Waals surface area contributed by atoms with E-state index in [2.05, 4.69) is 15.4 Å². The largest absolute Gasteiger partial charge is 0.487 e. The van der Waals surface area contributed by atoms with Crippen LogP contribution < -0.4 is 4.74 Å². The van der Waals surface area contributed by atoms with Crippen LogP contribution in [-0.4, -0.2) is 40.2 Å². The molecule has 1 heterocycles. The number of nitrogens with zero attached hydrogens (tertiary/aromatic N) is 3. The Morgan fingerprint density at radius 1 is 1.21 bits per heavy atom. The molecule has 9 heteroatoms. The van der Waals surface area contributed by atoms with Crippen LogP contribution in [0.25, 0.3) is 11.5 Å². The van der Waals surface area contributed by atoms with Gasteiger partial charge >= 0.3 is 5.97 Å². The fourth-order valence-corrected chi connectivity index (χ4v) is 2.39. The first kappa shape index (κ1) is 20.3. The molecule has 0 fully saturated rings. The van der Waals surface area contributed by atoms with E-state index in [0.29, 0.717) is 28.8 Å². The highest BCUT2D eigenvalue weighted by atomic mass is 35.5. The molecule has 29 heavy (non-hydrogen) atoms. The second kappa shape index (κ2) is 9.70. The van der Waals surface area contributed by atoms with Crippen molar-refractivity contribution in [2.45, 2.75) is 13.3 Å². The lowest BCUT2D eigenvalue weighted by atomic mass is 10.2. The van der Waals surface area contributed by atoms with E-state index in [9.17, 15) is 4.79 Å². The maximum absolute atomic E-state index is 11.1. The lowest BCUT2D eigenvalue weighted by Gasteiger charge is -2.07. The van der Waals surface area contributed by atoms with Gasteiger partial charge in [-0.3, -0.25) is 0 Å². The zero-order valence-electron chi connectivity index (χ0n) is 15.5. The van der Waals surface area contributed by atoms with Gasteiger partial charge in [0, 0.05) is 10.6 Å². The maximum atomic E-state index is 11.1. The topological polar surface area (TPSA) is 107 Å². The molecule has 0 aliphatic rings. The molecule has 1 N–H and O–H groups in total. The van der Waals surface area contributed by atoms with Crippen LogP contribution in [0, 0.1) is 0 Å². The van der Waals surface area contributed by atoms with Gasteiger partial charge in [-0.1, -0.05) is 29.7 Å². The number of oxime groups is 1. The minimum atomic E-state index is -1.04. The number of rotatable bonds is 9. The van der Waals surface area contributed by atoms with Crippen LogP contribution in [0.3, 0.4) is 0 Å². The normalized spacial score (nSPS) is 11.3. The molecule has 0 unspecified atom stereocenters. The third-order valence-electron chi connectivity index (χ3n) is 3.69. The first-order chi connectivity index (χ1) is 14.1. The molecule has 150 valence electrons. The molecular formula is C20H18ClN3O5. The number of benzene rings is 2. The minimum absolute atomic E-state index is 0.0466. The molecule has 0 radical (unpaired) electrons. The summed E-state index contributed by atoms with van der Waals surface area (Å²) in [6.45, 7) is 2.32. The van der Waals surface area contributed by atoms with Crippen LogP contribution in [0.2, 0.25) is 5.02 Å². The highest BCUT2D eigenvalue weighted by Crippen LogP contribution is 2.21. The van der Waals surface area contributed by atoms with E-state index in [1.54, 1.807) is 36.4 Å². The van der Waals surface area contributed by atoms with Crippen molar-refractivity contribution in [3.8, 4) is 17.2 Å². The molecule has 0 saturated carbocycles. The third-order valence-corrected chi connectivity index (χ3v) is 3.94. The van der Waals surface area contributed by atoms with Gasteiger partial charge in [-0.25, -0.2) is 4.79 Å². The summed E-state index contributed by atoms with van der Waals surface area (Å²) in [5.41, 5.74) is 1.11. The molecule has 0 amide bonds. The highest BCUT2D eigenvalue weighted by Gasteiger charge is 2.17. The number of carboxylic acid groups (broad SMARTS) is 1. The number of aromatic nitrogens is 2. The number of ether oxygens (including phenoxy) is 1. The van der Waals surface area contributed by atoms with Crippen molar-refractivity contribution in [3.63, 3.8) is 0 Å². The second-order valence-corrected chi connectivity index (χ2v) is 6.35. The van der Waals surface area contributed by atoms with Crippen molar-refractivity contribution in [2.24, 2.45) is 5.16 Å². The van der Waals surface area contributed by atoms with Gasteiger partial charge in [-0.2, -0.15) is 0 Å². The number of aromatic carboxylic acids is 1. The number of carboxylic acids is 1. The molecule has 3 rings (SSSR count). The Morgan fingerprint density at radius 2 is 2.00 bits per heavy atom. The van der Waals surface area contributed by atoms with E-state index in [1.807, 2.05) is 6.92 Å². The van der Waals surface area contributed by atoms with E-state index >= 15 is 0 Å². The van der Waals surface area contributed by atoms with Crippen LogP contribution in [0.4, 0.5) is 0 Å². The predicted octanol–water partition coefficient (Wildman–Crippen LogP) is 4.30. The quantitative estimate of drug-likeness (QED) is 0.315. The lowest BCUT2D eigenvalue weighted by Crippen LogP contribution is -2.14. The van der Waals surface area contributed by atoms with Crippen molar-refractivity contribution < 1.29 is 23.9 Å². The van der Waals surface area contributed by atoms with Gasteiger partial charge in [0.15, 0.2) is 5.71 Å². The van der Waals surface area contributed by atoms with Gasteiger partial charge < -0.3 is 19.1 Å². The summed E-state index contributed by atoms with van der Waals surface area (Å²) in [4.78, 5) is 16.4. The summed E-state index contributed by atoms with van der Waals surface area (Å²) in [7, 11) is 0. The van der Waals surface area contributed by atoms with Crippen LogP contribution in [0.1, 0.15) is 29.6 Å².